The highest BCUT2D eigenvalue weighted by atomic mass is 16.6. The van der Waals surface area contributed by atoms with Crippen molar-refractivity contribution < 1.29 is 9.53 Å². The van der Waals surface area contributed by atoms with E-state index < -0.39 is 5.60 Å². The summed E-state index contributed by atoms with van der Waals surface area (Å²) in [7, 11) is 4.34. The predicted octanol–water partition coefficient (Wildman–Crippen LogP) is 2.46. The molecule has 0 aromatic heterocycles. The van der Waals surface area contributed by atoms with Gasteiger partial charge in [0.2, 0.25) is 0 Å². The molecule has 0 aromatic carbocycles. The second kappa shape index (κ2) is 6.75. The molecule has 0 radical (unpaired) electrons. The van der Waals surface area contributed by atoms with Crippen LogP contribution in [0, 0.1) is 0 Å². The van der Waals surface area contributed by atoms with Crippen LogP contribution in [0.25, 0.3) is 0 Å². The second-order valence-corrected chi connectivity index (χ2v) is 8.07. The van der Waals surface area contributed by atoms with Gasteiger partial charge in [0, 0.05) is 31.2 Å². The number of carbonyl (C=O) groups is 1. The van der Waals surface area contributed by atoms with Crippen molar-refractivity contribution in [3.63, 3.8) is 0 Å². The van der Waals surface area contributed by atoms with Crippen LogP contribution in [0.3, 0.4) is 0 Å². The van der Waals surface area contributed by atoms with Gasteiger partial charge in [0.25, 0.3) is 0 Å². The van der Waals surface area contributed by atoms with Gasteiger partial charge in [-0.25, -0.2) is 4.79 Å². The van der Waals surface area contributed by atoms with Gasteiger partial charge >= 0.3 is 6.09 Å². The molecule has 1 heterocycles. The minimum atomic E-state index is -0.418. The molecular formula is C17H33N3O2. The molecule has 1 saturated heterocycles. The van der Waals surface area contributed by atoms with Crippen molar-refractivity contribution in [2.45, 2.75) is 70.1 Å². The fraction of sp³-hybridized carbons (Fsp3) is 0.941. The van der Waals surface area contributed by atoms with Crippen molar-refractivity contribution in [2.75, 3.05) is 33.7 Å². The molecule has 1 saturated carbocycles. The highest BCUT2D eigenvalue weighted by Crippen LogP contribution is 2.35. The van der Waals surface area contributed by atoms with Gasteiger partial charge in [-0.3, -0.25) is 0 Å². The fourth-order valence-electron chi connectivity index (χ4n) is 3.45. The topological polar surface area (TPSA) is 44.8 Å². The lowest BCUT2D eigenvalue weighted by Crippen LogP contribution is -2.57. The minimum Gasteiger partial charge on any atom is -0.444 e. The molecule has 1 amide bonds. The summed E-state index contributed by atoms with van der Waals surface area (Å²) >= 11 is 0. The van der Waals surface area contributed by atoms with Gasteiger partial charge in [-0.15, -0.1) is 0 Å². The zero-order chi connectivity index (χ0) is 16.4. The zero-order valence-corrected chi connectivity index (χ0v) is 14.9. The second-order valence-electron chi connectivity index (χ2n) is 8.07. The van der Waals surface area contributed by atoms with Crippen molar-refractivity contribution in [1.82, 2.24) is 15.1 Å². The summed E-state index contributed by atoms with van der Waals surface area (Å²) in [4.78, 5) is 16.5. The van der Waals surface area contributed by atoms with E-state index in [2.05, 4.69) is 24.3 Å². The third-order valence-corrected chi connectivity index (χ3v) is 5.07. The van der Waals surface area contributed by atoms with Gasteiger partial charge in [-0.05, 0) is 67.0 Å². The number of likely N-dealkylation sites (N-methyl/N-ethyl adjacent to an activating group) is 1. The number of amides is 1. The molecule has 128 valence electrons. The molecule has 2 rings (SSSR count). The molecule has 1 unspecified atom stereocenters. The van der Waals surface area contributed by atoms with Crippen molar-refractivity contribution in [1.29, 1.82) is 0 Å². The molecule has 2 fully saturated rings. The summed E-state index contributed by atoms with van der Waals surface area (Å²) in [5.41, 5.74) is -0.0894. The van der Waals surface area contributed by atoms with Crippen LogP contribution in [0.15, 0.2) is 0 Å². The van der Waals surface area contributed by atoms with Crippen molar-refractivity contribution >= 4 is 6.09 Å². The Bertz CT molecular complexity index is 386. The van der Waals surface area contributed by atoms with Crippen LogP contribution < -0.4 is 5.32 Å². The average Bonchev–Trinajstić information content (AvgIpc) is 2.78. The number of nitrogens with zero attached hydrogens (tertiary/aromatic N) is 2. The molecule has 1 aliphatic carbocycles. The smallest absolute Gasteiger partial charge is 0.410 e. The van der Waals surface area contributed by atoms with Gasteiger partial charge in [-0.2, -0.15) is 0 Å². The van der Waals surface area contributed by atoms with Crippen LogP contribution in [0.1, 0.15) is 52.9 Å². The molecule has 22 heavy (non-hydrogen) atoms. The van der Waals surface area contributed by atoms with Gasteiger partial charge in [0.05, 0.1) is 0 Å². The molecule has 0 aromatic rings. The van der Waals surface area contributed by atoms with Crippen LogP contribution in [0.2, 0.25) is 0 Å². The van der Waals surface area contributed by atoms with E-state index >= 15 is 0 Å². The molecule has 5 heteroatoms. The van der Waals surface area contributed by atoms with Crippen LogP contribution in [0.4, 0.5) is 4.79 Å². The lowest BCUT2D eigenvalue weighted by Gasteiger charge is -2.47. The monoisotopic (exact) mass is 311 g/mol. The van der Waals surface area contributed by atoms with Crippen LogP contribution in [-0.2, 0) is 4.74 Å². The van der Waals surface area contributed by atoms with E-state index in [-0.39, 0.29) is 12.1 Å². The fourth-order valence-corrected chi connectivity index (χ4v) is 3.45. The quantitative estimate of drug-likeness (QED) is 0.847. The number of hydrogen-bond donors (Lipinski definition) is 1. The maximum atomic E-state index is 12.3. The predicted molar refractivity (Wildman–Crippen MR) is 89.1 cm³/mol. The first-order chi connectivity index (χ1) is 10.2. The maximum absolute atomic E-state index is 12.3. The molecule has 0 spiro atoms. The number of likely N-dealkylation sites (tertiary alicyclic amines) is 1. The SMILES string of the molecule is CN(C)C1(CNCC2CCCN2C(=O)OC(C)(C)C)CCC1. The summed E-state index contributed by atoms with van der Waals surface area (Å²) < 4.78 is 5.52. The van der Waals surface area contributed by atoms with Crippen molar-refractivity contribution in [3.8, 4) is 0 Å². The highest BCUT2D eigenvalue weighted by molar-refractivity contribution is 5.69. The van der Waals surface area contributed by atoms with Crippen molar-refractivity contribution in [3.05, 3.63) is 0 Å². The Hall–Kier alpha value is -0.810. The van der Waals surface area contributed by atoms with Gasteiger partial charge in [0.1, 0.15) is 5.60 Å². The van der Waals surface area contributed by atoms with Crippen LogP contribution >= 0.6 is 0 Å². The Labute approximate surface area is 135 Å². The minimum absolute atomic E-state index is 0.164. The lowest BCUT2D eigenvalue weighted by atomic mass is 9.75. The summed E-state index contributed by atoms with van der Waals surface area (Å²) in [6.07, 6.45) is 5.85. The normalized spacial score (nSPS) is 24.5. The first-order valence-electron chi connectivity index (χ1n) is 8.61. The first kappa shape index (κ1) is 17.5. The lowest BCUT2D eigenvalue weighted by molar-refractivity contribution is 0.0215. The Morgan fingerprint density at radius 2 is 2.00 bits per heavy atom. The molecular weight excluding hydrogens is 278 g/mol. The Morgan fingerprint density at radius 1 is 1.32 bits per heavy atom. The number of rotatable bonds is 5. The standard InChI is InChI=1S/C17H33N3O2/c1-16(2,3)22-15(21)20-11-6-8-14(20)12-18-13-17(19(4)5)9-7-10-17/h14,18H,6-13H2,1-5H3. The number of carbonyl (C=O) groups excluding carboxylic acids is 1. The molecule has 1 N–H and O–H groups in total. The molecule has 5 nitrogen and oxygen atoms in total. The van der Waals surface area contributed by atoms with Crippen LogP contribution in [-0.4, -0.2) is 66.8 Å². The first-order valence-corrected chi connectivity index (χ1v) is 8.61. The number of hydrogen-bond acceptors (Lipinski definition) is 4. The molecule has 0 bridgehead atoms. The van der Waals surface area contributed by atoms with Gasteiger partial charge in [-0.1, -0.05) is 0 Å². The van der Waals surface area contributed by atoms with Crippen LogP contribution in [0.5, 0.6) is 0 Å². The van der Waals surface area contributed by atoms with Gasteiger partial charge in [0.15, 0.2) is 0 Å². The molecule has 1 atom stereocenters. The zero-order valence-electron chi connectivity index (χ0n) is 14.9. The third kappa shape index (κ3) is 4.13. The number of ether oxygens (including phenoxy) is 1. The average molecular weight is 311 g/mol. The van der Waals surface area contributed by atoms with E-state index in [9.17, 15) is 4.79 Å². The summed E-state index contributed by atoms with van der Waals surface area (Å²) in [5.74, 6) is 0. The Morgan fingerprint density at radius 3 is 2.50 bits per heavy atom. The Balaban J connectivity index is 1.80. The van der Waals surface area contributed by atoms with E-state index in [0.717, 1.165) is 32.5 Å². The van der Waals surface area contributed by atoms with E-state index in [1.165, 1.54) is 19.3 Å². The van der Waals surface area contributed by atoms with E-state index in [1.54, 1.807) is 0 Å². The highest BCUT2D eigenvalue weighted by Gasteiger charge is 2.39. The van der Waals surface area contributed by atoms with E-state index in [4.69, 9.17) is 4.74 Å². The largest absolute Gasteiger partial charge is 0.444 e. The Kier molecular flexibility index (Phi) is 5.38. The summed E-state index contributed by atoms with van der Waals surface area (Å²) in [6.45, 7) is 8.47. The summed E-state index contributed by atoms with van der Waals surface area (Å²) in [6, 6.07) is 0.272. The molecule has 2 aliphatic rings. The van der Waals surface area contributed by atoms with E-state index in [0.29, 0.717) is 5.54 Å². The van der Waals surface area contributed by atoms with Crippen molar-refractivity contribution in [2.24, 2.45) is 0 Å². The maximum Gasteiger partial charge on any atom is 0.410 e. The number of nitrogens with one attached hydrogen (secondary N) is 1. The van der Waals surface area contributed by atoms with Gasteiger partial charge < -0.3 is 19.9 Å². The third-order valence-electron chi connectivity index (χ3n) is 5.07. The van der Waals surface area contributed by atoms with E-state index in [1.807, 2.05) is 25.7 Å². The summed E-state index contributed by atoms with van der Waals surface area (Å²) in [5, 5.41) is 3.61. The molecule has 1 aliphatic heterocycles.